The molecule has 3 rings (SSSR count). The van der Waals surface area contributed by atoms with Crippen LogP contribution < -0.4 is 5.32 Å². The van der Waals surface area contributed by atoms with Crippen molar-refractivity contribution in [1.29, 1.82) is 0 Å². The number of nitrogens with zero attached hydrogens (tertiary/aromatic N) is 2. The maximum atomic E-state index is 12.1. The van der Waals surface area contributed by atoms with Crippen molar-refractivity contribution in [3.8, 4) is 0 Å². The molecule has 5 heteroatoms. The first-order valence-electron chi connectivity index (χ1n) is 5.74. The highest BCUT2D eigenvalue weighted by Crippen LogP contribution is 2.17. The molecule has 4 nitrogen and oxygen atoms in total. The van der Waals surface area contributed by atoms with Crippen LogP contribution in [0.25, 0.3) is 10.9 Å². The molecule has 2 aromatic carbocycles. The topological polar surface area (TPSA) is 46.9 Å². The zero-order valence-corrected chi connectivity index (χ0v) is 10.6. The van der Waals surface area contributed by atoms with Crippen LogP contribution in [0.4, 0.5) is 10.5 Å². The Morgan fingerprint density at radius 2 is 2.00 bits per heavy atom. The van der Waals surface area contributed by atoms with E-state index >= 15 is 0 Å². The molecule has 3 aromatic rings. The van der Waals surface area contributed by atoms with E-state index in [-0.39, 0.29) is 6.03 Å². The van der Waals surface area contributed by atoms with Crippen molar-refractivity contribution in [2.24, 2.45) is 0 Å². The summed E-state index contributed by atoms with van der Waals surface area (Å²) in [5, 5.41) is 8.33. The molecule has 0 atom stereocenters. The number of amides is 1. The largest absolute Gasteiger partial charge is 0.347 e. The Bertz CT molecular complexity index is 751. The van der Waals surface area contributed by atoms with Gasteiger partial charge in [0.1, 0.15) is 0 Å². The minimum atomic E-state index is -0.316. The first kappa shape index (κ1) is 11.7. The fraction of sp³-hybridized carbons (Fsp3) is 0. The van der Waals surface area contributed by atoms with Gasteiger partial charge in [-0.3, -0.25) is 0 Å². The Hall–Kier alpha value is -2.33. The number of nitrogens with one attached hydrogen (secondary N) is 1. The fourth-order valence-corrected chi connectivity index (χ4v) is 2.07. The van der Waals surface area contributed by atoms with Crippen LogP contribution in [0.1, 0.15) is 0 Å². The van der Waals surface area contributed by atoms with Crippen molar-refractivity contribution < 1.29 is 4.79 Å². The molecular weight excluding hydrogens is 262 g/mol. The summed E-state index contributed by atoms with van der Waals surface area (Å²) in [4.78, 5) is 12.1. The van der Waals surface area contributed by atoms with E-state index in [9.17, 15) is 4.79 Å². The second-order valence-corrected chi connectivity index (χ2v) is 4.49. The van der Waals surface area contributed by atoms with Crippen LogP contribution in [0, 0.1) is 0 Å². The molecule has 0 aliphatic heterocycles. The van der Waals surface area contributed by atoms with E-state index in [0.29, 0.717) is 10.7 Å². The lowest BCUT2D eigenvalue weighted by Crippen LogP contribution is -2.20. The van der Waals surface area contributed by atoms with Crippen molar-refractivity contribution in [1.82, 2.24) is 9.78 Å². The summed E-state index contributed by atoms with van der Waals surface area (Å²) in [6.45, 7) is 0. The average molecular weight is 272 g/mol. The van der Waals surface area contributed by atoms with Gasteiger partial charge in [0.2, 0.25) is 0 Å². The van der Waals surface area contributed by atoms with Crippen molar-refractivity contribution >= 4 is 34.2 Å². The minimum absolute atomic E-state index is 0.316. The Kier molecular flexibility index (Phi) is 2.93. The van der Waals surface area contributed by atoms with E-state index in [1.165, 1.54) is 4.68 Å². The molecule has 1 aromatic heterocycles. The molecular formula is C14H10ClN3O. The summed E-state index contributed by atoms with van der Waals surface area (Å²) >= 11 is 5.87. The normalized spacial score (nSPS) is 10.6. The molecule has 19 heavy (non-hydrogen) atoms. The lowest BCUT2D eigenvalue weighted by Gasteiger charge is -2.06. The molecule has 0 saturated carbocycles. The standard InChI is InChI=1S/C14H10ClN3O/c15-11-5-3-6-12(8-11)17-14(19)18-13-7-2-1-4-10(13)9-16-18/h1-9H,(H,17,19). The Morgan fingerprint density at radius 3 is 2.84 bits per heavy atom. The van der Waals surface area contributed by atoms with Gasteiger partial charge in [-0.2, -0.15) is 9.78 Å². The van der Waals surface area contributed by atoms with Gasteiger partial charge in [-0.25, -0.2) is 4.79 Å². The van der Waals surface area contributed by atoms with E-state index in [4.69, 9.17) is 11.6 Å². The van der Waals surface area contributed by atoms with Crippen molar-refractivity contribution in [3.05, 3.63) is 59.8 Å². The van der Waals surface area contributed by atoms with E-state index in [0.717, 1.165) is 10.9 Å². The number of hydrogen-bond donors (Lipinski definition) is 1. The third kappa shape index (κ3) is 2.30. The number of rotatable bonds is 1. The smallest absolute Gasteiger partial charge is 0.306 e. The number of fused-ring (bicyclic) bond motifs is 1. The first-order chi connectivity index (χ1) is 9.24. The van der Waals surface area contributed by atoms with Gasteiger partial charge in [0.15, 0.2) is 0 Å². The number of benzene rings is 2. The first-order valence-corrected chi connectivity index (χ1v) is 6.11. The highest BCUT2D eigenvalue weighted by molar-refractivity contribution is 6.30. The lowest BCUT2D eigenvalue weighted by atomic mass is 10.3. The predicted molar refractivity (Wildman–Crippen MR) is 75.6 cm³/mol. The zero-order chi connectivity index (χ0) is 13.2. The molecule has 1 heterocycles. The highest BCUT2D eigenvalue weighted by atomic mass is 35.5. The zero-order valence-electron chi connectivity index (χ0n) is 9.88. The molecule has 1 amide bonds. The van der Waals surface area contributed by atoms with E-state index < -0.39 is 0 Å². The van der Waals surface area contributed by atoms with Gasteiger partial charge in [-0.15, -0.1) is 0 Å². The summed E-state index contributed by atoms with van der Waals surface area (Å²) in [7, 11) is 0. The summed E-state index contributed by atoms with van der Waals surface area (Å²) in [6.07, 6.45) is 1.66. The molecule has 0 saturated heterocycles. The van der Waals surface area contributed by atoms with E-state index in [1.807, 2.05) is 24.3 Å². The Balaban J connectivity index is 1.92. The van der Waals surface area contributed by atoms with Crippen LogP contribution in [0.15, 0.2) is 54.7 Å². The number of para-hydroxylation sites is 1. The van der Waals surface area contributed by atoms with Crippen LogP contribution in [0.5, 0.6) is 0 Å². The van der Waals surface area contributed by atoms with Crippen LogP contribution in [0.3, 0.4) is 0 Å². The van der Waals surface area contributed by atoms with Crippen molar-refractivity contribution in [2.45, 2.75) is 0 Å². The van der Waals surface area contributed by atoms with Crippen LogP contribution in [-0.2, 0) is 0 Å². The van der Waals surface area contributed by atoms with Gasteiger partial charge in [-0.1, -0.05) is 35.9 Å². The highest BCUT2D eigenvalue weighted by Gasteiger charge is 2.10. The van der Waals surface area contributed by atoms with Gasteiger partial charge in [0.25, 0.3) is 0 Å². The third-order valence-electron chi connectivity index (χ3n) is 2.75. The SMILES string of the molecule is O=C(Nc1cccc(Cl)c1)n1ncc2ccccc21. The van der Waals surface area contributed by atoms with Crippen LogP contribution in [0.2, 0.25) is 5.02 Å². The van der Waals surface area contributed by atoms with Crippen molar-refractivity contribution in [3.63, 3.8) is 0 Å². The second-order valence-electron chi connectivity index (χ2n) is 4.06. The van der Waals surface area contributed by atoms with Gasteiger partial charge in [0.05, 0.1) is 11.7 Å². The minimum Gasteiger partial charge on any atom is -0.306 e. The number of carbonyl (C=O) groups excluding carboxylic acids is 1. The van der Waals surface area contributed by atoms with Crippen molar-refractivity contribution in [2.75, 3.05) is 5.32 Å². The van der Waals surface area contributed by atoms with E-state index in [1.54, 1.807) is 30.5 Å². The summed E-state index contributed by atoms with van der Waals surface area (Å²) in [5.74, 6) is 0. The fourth-order valence-electron chi connectivity index (χ4n) is 1.88. The lowest BCUT2D eigenvalue weighted by molar-refractivity contribution is 0.252. The average Bonchev–Trinajstić information content (AvgIpc) is 2.82. The Morgan fingerprint density at radius 1 is 1.16 bits per heavy atom. The molecule has 0 aliphatic carbocycles. The van der Waals surface area contributed by atoms with Gasteiger partial charge in [0, 0.05) is 16.1 Å². The van der Waals surface area contributed by atoms with Gasteiger partial charge < -0.3 is 5.32 Å². The Labute approximate surface area is 114 Å². The molecule has 0 aliphatic rings. The quantitative estimate of drug-likeness (QED) is 0.732. The number of anilines is 1. The molecule has 1 N–H and O–H groups in total. The van der Waals surface area contributed by atoms with Gasteiger partial charge in [-0.05, 0) is 24.3 Å². The van der Waals surface area contributed by atoms with Crippen LogP contribution >= 0.6 is 11.6 Å². The molecule has 0 fully saturated rings. The van der Waals surface area contributed by atoms with E-state index in [2.05, 4.69) is 10.4 Å². The predicted octanol–water partition coefficient (Wildman–Crippen LogP) is 3.77. The number of aromatic nitrogens is 2. The molecule has 0 radical (unpaired) electrons. The number of carbonyl (C=O) groups is 1. The maximum Gasteiger partial charge on any atom is 0.347 e. The third-order valence-corrected chi connectivity index (χ3v) is 2.98. The summed E-state index contributed by atoms with van der Waals surface area (Å²) in [6, 6.07) is 14.2. The monoisotopic (exact) mass is 271 g/mol. The molecule has 0 spiro atoms. The number of hydrogen-bond acceptors (Lipinski definition) is 2. The molecule has 94 valence electrons. The van der Waals surface area contributed by atoms with Gasteiger partial charge >= 0.3 is 6.03 Å². The molecule has 0 bridgehead atoms. The molecule has 0 unspecified atom stereocenters. The summed E-state index contributed by atoms with van der Waals surface area (Å²) < 4.78 is 1.33. The maximum absolute atomic E-state index is 12.1. The van der Waals surface area contributed by atoms with Crippen LogP contribution in [-0.4, -0.2) is 15.8 Å². The summed E-state index contributed by atoms with van der Waals surface area (Å²) in [5.41, 5.74) is 1.40. The number of halogens is 1. The second kappa shape index (κ2) is 4.74.